The molecule has 2 aromatic rings. The van der Waals surface area contributed by atoms with E-state index in [1.54, 1.807) is 30.7 Å². The van der Waals surface area contributed by atoms with E-state index in [0.29, 0.717) is 5.56 Å². The summed E-state index contributed by atoms with van der Waals surface area (Å²) in [6, 6.07) is 8.29. The van der Waals surface area contributed by atoms with Crippen molar-refractivity contribution in [2.45, 2.75) is 19.9 Å². The Morgan fingerprint density at radius 3 is 2.55 bits per heavy atom. The third-order valence-corrected chi connectivity index (χ3v) is 3.39. The molecule has 5 heteroatoms. The van der Waals surface area contributed by atoms with Gasteiger partial charge in [0.2, 0.25) is 0 Å². The zero-order valence-corrected chi connectivity index (χ0v) is 12.8. The fourth-order valence-corrected chi connectivity index (χ4v) is 2.12. The highest BCUT2D eigenvalue weighted by Gasteiger charge is 2.25. The van der Waals surface area contributed by atoms with Crippen LogP contribution in [-0.2, 0) is 9.53 Å². The maximum Gasteiger partial charge on any atom is 0.328 e. The second kappa shape index (κ2) is 6.93. The molecule has 0 aliphatic heterocycles. The fourth-order valence-electron chi connectivity index (χ4n) is 2.12. The van der Waals surface area contributed by atoms with Gasteiger partial charge in [-0.15, -0.1) is 0 Å². The molecule has 0 radical (unpaired) electrons. The highest BCUT2D eigenvalue weighted by Crippen LogP contribution is 2.21. The lowest BCUT2D eigenvalue weighted by Gasteiger charge is -2.19. The second-order valence-electron chi connectivity index (χ2n) is 5.31. The number of ether oxygens (including phenoxy) is 1. The molecule has 0 aliphatic rings. The molecule has 22 heavy (non-hydrogen) atoms. The van der Waals surface area contributed by atoms with Gasteiger partial charge in [0.1, 0.15) is 6.04 Å². The predicted molar refractivity (Wildman–Crippen MR) is 82.3 cm³/mol. The summed E-state index contributed by atoms with van der Waals surface area (Å²) in [4.78, 5) is 24.1. The van der Waals surface area contributed by atoms with E-state index in [9.17, 15) is 9.59 Å². The zero-order valence-electron chi connectivity index (χ0n) is 12.8. The average Bonchev–Trinajstić information content (AvgIpc) is 3.06. The smallest absolute Gasteiger partial charge is 0.328 e. The predicted octanol–water partition coefficient (Wildman–Crippen LogP) is 2.87. The van der Waals surface area contributed by atoms with E-state index in [-0.39, 0.29) is 11.8 Å². The Kier molecular flexibility index (Phi) is 4.99. The molecule has 0 aliphatic carbocycles. The third kappa shape index (κ3) is 3.55. The van der Waals surface area contributed by atoms with Crippen molar-refractivity contribution in [1.29, 1.82) is 0 Å². The van der Waals surface area contributed by atoms with Gasteiger partial charge in [0.25, 0.3) is 5.91 Å². The molecule has 0 unspecified atom stereocenters. The van der Waals surface area contributed by atoms with Crippen LogP contribution in [0.1, 0.15) is 24.2 Å². The topological polar surface area (TPSA) is 68.5 Å². The maximum absolute atomic E-state index is 12.4. The van der Waals surface area contributed by atoms with Crippen LogP contribution in [0.2, 0.25) is 0 Å². The van der Waals surface area contributed by atoms with E-state index in [1.165, 1.54) is 7.11 Å². The van der Waals surface area contributed by atoms with Gasteiger partial charge in [-0.2, -0.15) is 0 Å². The Labute approximate surface area is 129 Å². The molecule has 1 atom stereocenters. The number of methoxy groups -OCH3 is 1. The number of carbonyl (C=O) groups is 2. The lowest BCUT2D eigenvalue weighted by Crippen LogP contribution is -2.45. The molecule has 0 fully saturated rings. The normalized spacial score (nSPS) is 12.0. The van der Waals surface area contributed by atoms with Crippen molar-refractivity contribution >= 4 is 11.9 Å². The van der Waals surface area contributed by atoms with Gasteiger partial charge in [0.15, 0.2) is 0 Å². The highest BCUT2D eigenvalue weighted by atomic mass is 16.5. The monoisotopic (exact) mass is 301 g/mol. The Bertz CT molecular complexity index is 646. The highest BCUT2D eigenvalue weighted by molar-refractivity contribution is 5.97. The van der Waals surface area contributed by atoms with E-state index in [2.05, 4.69) is 5.32 Å². The van der Waals surface area contributed by atoms with Crippen LogP contribution in [0.4, 0.5) is 0 Å². The zero-order chi connectivity index (χ0) is 16.1. The first-order valence-electron chi connectivity index (χ1n) is 7.04. The molecule has 1 heterocycles. The number of amides is 1. The summed E-state index contributed by atoms with van der Waals surface area (Å²) < 4.78 is 9.78. The number of hydrogen-bond acceptors (Lipinski definition) is 4. The molecule has 0 saturated carbocycles. The van der Waals surface area contributed by atoms with Gasteiger partial charge in [0.05, 0.1) is 19.6 Å². The first kappa shape index (κ1) is 15.8. The number of rotatable bonds is 5. The van der Waals surface area contributed by atoms with Gasteiger partial charge in [-0.05, 0) is 29.7 Å². The molecular formula is C17H19NO4. The van der Waals surface area contributed by atoms with E-state index >= 15 is 0 Å². The van der Waals surface area contributed by atoms with Crippen LogP contribution in [0, 0.1) is 5.92 Å². The lowest BCUT2D eigenvalue weighted by molar-refractivity contribution is -0.144. The number of nitrogens with one attached hydrogen (secondary N) is 1. The van der Waals surface area contributed by atoms with Crippen LogP contribution in [-0.4, -0.2) is 25.0 Å². The minimum absolute atomic E-state index is 0.0616. The molecule has 1 aromatic carbocycles. The third-order valence-electron chi connectivity index (χ3n) is 3.39. The molecule has 0 spiro atoms. The number of carbonyl (C=O) groups excluding carboxylic acids is 2. The summed E-state index contributed by atoms with van der Waals surface area (Å²) in [5, 5.41) is 2.72. The SMILES string of the molecule is COC(=O)[C@@H](NC(=O)c1cccc(-c2ccoc2)c1)C(C)C. The van der Waals surface area contributed by atoms with Crippen molar-refractivity contribution < 1.29 is 18.7 Å². The molecule has 5 nitrogen and oxygen atoms in total. The van der Waals surface area contributed by atoms with Crippen LogP contribution in [0.3, 0.4) is 0 Å². The molecule has 2 rings (SSSR count). The van der Waals surface area contributed by atoms with E-state index in [0.717, 1.165) is 11.1 Å². The molecular weight excluding hydrogens is 282 g/mol. The molecule has 1 aromatic heterocycles. The van der Waals surface area contributed by atoms with Gasteiger partial charge < -0.3 is 14.5 Å². The number of benzene rings is 1. The Balaban J connectivity index is 2.19. The van der Waals surface area contributed by atoms with E-state index < -0.39 is 12.0 Å². The Morgan fingerprint density at radius 2 is 1.95 bits per heavy atom. The fraction of sp³-hybridized carbons (Fsp3) is 0.294. The number of esters is 1. The van der Waals surface area contributed by atoms with Gasteiger partial charge in [-0.3, -0.25) is 4.79 Å². The van der Waals surface area contributed by atoms with Crippen LogP contribution < -0.4 is 5.32 Å². The molecule has 1 amide bonds. The van der Waals surface area contributed by atoms with Crippen molar-refractivity contribution in [1.82, 2.24) is 5.32 Å². The first-order valence-corrected chi connectivity index (χ1v) is 7.04. The van der Waals surface area contributed by atoms with E-state index in [1.807, 2.05) is 26.0 Å². The number of furan rings is 1. The van der Waals surface area contributed by atoms with Crippen LogP contribution in [0.5, 0.6) is 0 Å². The minimum atomic E-state index is -0.671. The maximum atomic E-state index is 12.4. The number of hydrogen-bond donors (Lipinski definition) is 1. The quantitative estimate of drug-likeness (QED) is 0.862. The largest absolute Gasteiger partial charge is 0.472 e. The summed E-state index contributed by atoms with van der Waals surface area (Å²) >= 11 is 0. The van der Waals surface area contributed by atoms with E-state index in [4.69, 9.17) is 9.15 Å². The van der Waals surface area contributed by atoms with Crippen LogP contribution in [0.25, 0.3) is 11.1 Å². The second-order valence-corrected chi connectivity index (χ2v) is 5.31. The van der Waals surface area contributed by atoms with Gasteiger partial charge in [-0.1, -0.05) is 26.0 Å². The molecule has 0 bridgehead atoms. The van der Waals surface area contributed by atoms with Gasteiger partial charge in [-0.25, -0.2) is 4.79 Å². The molecule has 1 N–H and O–H groups in total. The van der Waals surface area contributed by atoms with Crippen molar-refractivity contribution in [3.63, 3.8) is 0 Å². The molecule has 116 valence electrons. The molecule has 0 saturated heterocycles. The summed E-state index contributed by atoms with van der Waals surface area (Å²) in [5.74, 6) is -0.822. The summed E-state index contributed by atoms with van der Waals surface area (Å²) in [6.45, 7) is 3.70. The Morgan fingerprint density at radius 1 is 1.18 bits per heavy atom. The van der Waals surface area contributed by atoms with Gasteiger partial charge >= 0.3 is 5.97 Å². The van der Waals surface area contributed by atoms with Crippen molar-refractivity contribution in [3.05, 3.63) is 48.4 Å². The van der Waals surface area contributed by atoms with Crippen molar-refractivity contribution in [2.24, 2.45) is 5.92 Å². The minimum Gasteiger partial charge on any atom is -0.472 e. The summed E-state index contributed by atoms with van der Waals surface area (Å²) in [7, 11) is 1.31. The van der Waals surface area contributed by atoms with Gasteiger partial charge in [0, 0.05) is 11.1 Å². The summed E-state index contributed by atoms with van der Waals surface area (Å²) in [6.07, 6.45) is 3.19. The standard InChI is InChI=1S/C17H19NO4/c1-11(2)15(17(20)21-3)18-16(19)13-6-4-5-12(9-13)14-7-8-22-10-14/h4-11,15H,1-3H3,(H,18,19)/t15-/m0/s1. The van der Waals surface area contributed by atoms with Crippen molar-refractivity contribution in [2.75, 3.05) is 7.11 Å². The summed E-state index contributed by atoms with van der Waals surface area (Å²) in [5.41, 5.74) is 2.25. The van der Waals surface area contributed by atoms with Crippen molar-refractivity contribution in [3.8, 4) is 11.1 Å². The van der Waals surface area contributed by atoms with Crippen LogP contribution >= 0.6 is 0 Å². The first-order chi connectivity index (χ1) is 10.5. The Hall–Kier alpha value is -2.56. The van der Waals surface area contributed by atoms with Crippen LogP contribution in [0.15, 0.2) is 47.3 Å². The average molecular weight is 301 g/mol. The lowest BCUT2D eigenvalue weighted by atomic mass is 10.0.